The summed E-state index contributed by atoms with van der Waals surface area (Å²) in [4.78, 5) is 2.83. The lowest BCUT2D eigenvalue weighted by Gasteiger charge is -2.28. The molecule has 1 N–H and O–H groups in total. The zero-order valence-corrected chi connectivity index (χ0v) is 10.7. The average molecular weight is 211 g/mol. The van der Waals surface area contributed by atoms with Crippen LogP contribution in [0.5, 0.6) is 0 Å². The van der Waals surface area contributed by atoms with Gasteiger partial charge in [-0.25, -0.2) is 0 Å². The third-order valence-electron chi connectivity index (χ3n) is 2.68. The van der Waals surface area contributed by atoms with E-state index in [1.54, 1.807) is 0 Å². The Bertz CT molecular complexity index is 288. The molecule has 1 nitrogen and oxygen atoms in total. The zero-order chi connectivity index (χ0) is 10.8. The van der Waals surface area contributed by atoms with Crippen LogP contribution >= 0.6 is 11.3 Å². The van der Waals surface area contributed by atoms with Crippen molar-refractivity contribution in [3.63, 3.8) is 0 Å². The number of rotatable bonds is 4. The Morgan fingerprint density at radius 2 is 2.07 bits per heavy atom. The Labute approximate surface area is 91.5 Å². The van der Waals surface area contributed by atoms with Crippen LogP contribution in [0.15, 0.2) is 12.1 Å². The average Bonchev–Trinajstić information content (AvgIpc) is 2.51. The van der Waals surface area contributed by atoms with Gasteiger partial charge in [0, 0.05) is 21.3 Å². The number of aryl methyl sites for hydroxylation is 1. The zero-order valence-electron chi connectivity index (χ0n) is 9.85. The molecule has 0 radical (unpaired) electrons. The Balaban J connectivity index is 2.63. The molecule has 14 heavy (non-hydrogen) atoms. The minimum atomic E-state index is 0.233. The summed E-state index contributed by atoms with van der Waals surface area (Å²) in [6, 6.07) is 4.88. The monoisotopic (exact) mass is 211 g/mol. The lowest BCUT2D eigenvalue weighted by atomic mass is 10.0. The van der Waals surface area contributed by atoms with Crippen molar-refractivity contribution in [2.45, 2.75) is 52.6 Å². The number of thiophene rings is 1. The van der Waals surface area contributed by atoms with Gasteiger partial charge >= 0.3 is 0 Å². The van der Waals surface area contributed by atoms with Crippen molar-refractivity contribution in [3.05, 3.63) is 21.9 Å². The van der Waals surface area contributed by atoms with Gasteiger partial charge in [-0.1, -0.05) is 6.92 Å². The first-order valence-corrected chi connectivity index (χ1v) is 6.10. The third-order valence-corrected chi connectivity index (χ3v) is 3.86. The van der Waals surface area contributed by atoms with E-state index in [0.717, 1.165) is 6.42 Å². The van der Waals surface area contributed by atoms with Gasteiger partial charge in [0.05, 0.1) is 0 Å². The maximum atomic E-state index is 3.65. The molecule has 1 aromatic rings. The van der Waals surface area contributed by atoms with E-state index in [-0.39, 0.29) is 5.54 Å². The summed E-state index contributed by atoms with van der Waals surface area (Å²) in [7, 11) is 0. The van der Waals surface area contributed by atoms with Crippen molar-refractivity contribution in [3.8, 4) is 0 Å². The molecule has 0 aliphatic heterocycles. The second-order valence-electron chi connectivity index (χ2n) is 4.55. The smallest absolute Gasteiger partial charge is 0.0390 e. The standard InChI is InChI=1S/C12H21NS/c1-6-12(4,5)13-10(3)11-8-7-9(2)14-11/h7-8,10,13H,6H2,1-5H3. The largest absolute Gasteiger partial charge is 0.304 e. The Hall–Kier alpha value is -0.340. The van der Waals surface area contributed by atoms with E-state index in [9.17, 15) is 0 Å². The molecule has 1 unspecified atom stereocenters. The molecule has 0 fully saturated rings. The molecule has 0 aliphatic carbocycles. The SMILES string of the molecule is CCC(C)(C)NC(C)c1ccc(C)s1. The van der Waals surface area contributed by atoms with E-state index in [2.05, 4.69) is 52.1 Å². The van der Waals surface area contributed by atoms with Gasteiger partial charge in [-0.15, -0.1) is 11.3 Å². The van der Waals surface area contributed by atoms with Gasteiger partial charge in [-0.2, -0.15) is 0 Å². The van der Waals surface area contributed by atoms with E-state index in [1.165, 1.54) is 9.75 Å². The summed E-state index contributed by atoms with van der Waals surface area (Å²) in [5.74, 6) is 0. The van der Waals surface area contributed by atoms with E-state index >= 15 is 0 Å². The first kappa shape index (κ1) is 11.7. The predicted octanol–water partition coefficient (Wildman–Crippen LogP) is 3.90. The first-order valence-electron chi connectivity index (χ1n) is 5.28. The summed E-state index contributed by atoms with van der Waals surface area (Å²) < 4.78 is 0. The second-order valence-corrected chi connectivity index (χ2v) is 5.87. The lowest BCUT2D eigenvalue weighted by Crippen LogP contribution is -2.39. The molecule has 1 atom stereocenters. The molecule has 1 heterocycles. The van der Waals surface area contributed by atoms with E-state index < -0.39 is 0 Å². The fourth-order valence-corrected chi connectivity index (χ4v) is 2.33. The minimum absolute atomic E-state index is 0.233. The highest BCUT2D eigenvalue weighted by Gasteiger charge is 2.18. The number of hydrogen-bond acceptors (Lipinski definition) is 2. The number of nitrogens with one attached hydrogen (secondary N) is 1. The first-order chi connectivity index (χ1) is 6.44. The van der Waals surface area contributed by atoms with Crippen molar-refractivity contribution in [1.29, 1.82) is 0 Å². The Kier molecular flexibility index (Phi) is 3.73. The molecule has 0 bridgehead atoms. The van der Waals surface area contributed by atoms with Gasteiger partial charge in [0.1, 0.15) is 0 Å². The molecule has 0 spiro atoms. The van der Waals surface area contributed by atoms with Crippen molar-refractivity contribution < 1.29 is 0 Å². The maximum absolute atomic E-state index is 3.65. The third kappa shape index (κ3) is 3.10. The lowest BCUT2D eigenvalue weighted by molar-refractivity contribution is 0.340. The molecule has 1 aromatic heterocycles. The molecule has 0 amide bonds. The van der Waals surface area contributed by atoms with Crippen LogP contribution in [-0.4, -0.2) is 5.54 Å². The molecule has 2 heteroatoms. The van der Waals surface area contributed by atoms with Crippen LogP contribution in [-0.2, 0) is 0 Å². The van der Waals surface area contributed by atoms with Gasteiger partial charge in [0.2, 0.25) is 0 Å². The van der Waals surface area contributed by atoms with E-state index in [4.69, 9.17) is 0 Å². The topological polar surface area (TPSA) is 12.0 Å². The molecule has 0 aliphatic rings. The molecule has 1 rings (SSSR count). The van der Waals surface area contributed by atoms with Gasteiger partial charge in [0.25, 0.3) is 0 Å². The summed E-state index contributed by atoms with van der Waals surface area (Å²) in [5, 5.41) is 3.65. The normalized spacial score (nSPS) is 14.4. The van der Waals surface area contributed by atoms with Crippen LogP contribution in [0.2, 0.25) is 0 Å². The van der Waals surface area contributed by atoms with Gasteiger partial charge in [-0.05, 0) is 46.2 Å². The van der Waals surface area contributed by atoms with E-state index in [1.807, 2.05) is 11.3 Å². The van der Waals surface area contributed by atoms with Crippen LogP contribution in [0.3, 0.4) is 0 Å². The number of hydrogen-bond donors (Lipinski definition) is 1. The molecule has 0 aromatic carbocycles. The van der Waals surface area contributed by atoms with Crippen molar-refractivity contribution in [1.82, 2.24) is 5.32 Å². The van der Waals surface area contributed by atoms with Crippen LogP contribution < -0.4 is 5.32 Å². The van der Waals surface area contributed by atoms with Gasteiger partial charge < -0.3 is 5.32 Å². The minimum Gasteiger partial charge on any atom is -0.304 e. The van der Waals surface area contributed by atoms with Crippen molar-refractivity contribution >= 4 is 11.3 Å². The molecule has 0 saturated carbocycles. The maximum Gasteiger partial charge on any atom is 0.0390 e. The quantitative estimate of drug-likeness (QED) is 0.796. The molecule has 80 valence electrons. The van der Waals surface area contributed by atoms with Gasteiger partial charge in [0.15, 0.2) is 0 Å². The molecular formula is C12H21NS. The van der Waals surface area contributed by atoms with Crippen LogP contribution in [0.25, 0.3) is 0 Å². The summed E-state index contributed by atoms with van der Waals surface area (Å²) in [6.07, 6.45) is 1.15. The highest BCUT2D eigenvalue weighted by atomic mass is 32.1. The van der Waals surface area contributed by atoms with Crippen LogP contribution in [0.4, 0.5) is 0 Å². The van der Waals surface area contributed by atoms with Crippen molar-refractivity contribution in [2.24, 2.45) is 0 Å². The van der Waals surface area contributed by atoms with Crippen LogP contribution in [0.1, 0.15) is 49.9 Å². The second kappa shape index (κ2) is 4.45. The highest BCUT2D eigenvalue weighted by molar-refractivity contribution is 7.12. The molecule has 0 saturated heterocycles. The highest BCUT2D eigenvalue weighted by Crippen LogP contribution is 2.24. The van der Waals surface area contributed by atoms with E-state index in [0.29, 0.717) is 6.04 Å². The fourth-order valence-electron chi connectivity index (χ4n) is 1.45. The summed E-state index contributed by atoms with van der Waals surface area (Å²) in [6.45, 7) is 11.1. The predicted molar refractivity (Wildman–Crippen MR) is 65.0 cm³/mol. The van der Waals surface area contributed by atoms with Crippen molar-refractivity contribution in [2.75, 3.05) is 0 Å². The molecular weight excluding hydrogens is 190 g/mol. The summed E-state index contributed by atoms with van der Waals surface area (Å²) >= 11 is 1.88. The summed E-state index contributed by atoms with van der Waals surface area (Å²) in [5.41, 5.74) is 0.233. The van der Waals surface area contributed by atoms with Crippen LogP contribution in [0, 0.1) is 6.92 Å². The Morgan fingerprint density at radius 1 is 1.43 bits per heavy atom. The van der Waals surface area contributed by atoms with Gasteiger partial charge in [-0.3, -0.25) is 0 Å². The Morgan fingerprint density at radius 3 is 2.50 bits per heavy atom. The fraction of sp³-hybridized carbons (Fsp3) is 0.667.